The molecule has 7 nitrogen and oxygen atoms in total. The van der Waals surface area contributed by atoms with Gasteiger partial charge in [-0.2, -0.15) is 0 Å². The van der Waals surface area contributed by atoms with Crippen LogP contribution in [0.4, 0.5) is 0 Å². The lowest BCUT2D eigenvalue weighted by Gasteiger charge is -2.35. The molecule has 0 aliphatic carbocycles. The molecule has 4 aromatic rings. The van der Waals surface area contributed by atoms with Gasteiger partial charge in [-0.05, 0) is 54.8 Å². The Labute approximate surface area is 229 Å². The van der Waals surface area contributed by atoms with Crippen molar-refractivity contribution in [3.63, 3.8) is 0 Å². The van der Waals surface area contributed by atoms with Crippen molar-refractivity contribution in [3.05, 3.63) is 89.6 Å². The molecule has 1 amide bonds. The van der Waals surface area contributed by atoms with E-state index in [1.165, 1.54) is 5.56 Å². The highest BCUT2D eigenvalue weighted by atomic mass is 16.7. The monoisotopic (exact) mass is 525 g/mol. The van der Waals surface area contributed by atoms with Crippen molar-refractivity contribution >= 4 is 16.8 Å². The normalized spacial score (nSPS) is 16.0. The number of carbonyl (C=O) groups excluding carboxylic acids is 1. The second-order valence-corrected chi connectivity index (χ2v) is 10.4. The Hall–Kier alpha value is -3.97. The molecule has 39 heavy (non-hydrogen) atoms. The Morgan fingerprint density at radius 2 is 1.67 bits per heavy atom. The number of aromatic nitrogens is 1. The Morgan fingerprint density at radius 3 is 2.46 bits per heavy atom. The number of fused-ring (bicyclic) bond motifs is 2. The van der Waals surface area contributed by atoms with E-state index in [-0.39, 0.29) is 18.8 Å². The van der Waals surface area contributed by atoms with E-state index in [2.05, 4.69) is 53.6 Å². The molecule has 0 saturated carbocycles. The Morgan fingerprint density at radius 1 is 0.872 bits per heavy atom. The van der Waals surface area contributed by atoms with Gasteiger partial charge in [0.05, 0.1) is 11.6 Å². The maximum absolute atomic E-state index is 14.0. The first-order valence-electron chi connectivity index (χ1n) is 13.8. The summed E-state index contributed by atoms with van der Waals surface area (Å²) < 4.78 is 19.4. The van der Waals surface area contributed by atoms with Gasteiger partial charge >= 0.3 is 0 Å². The molecule has 0 bridgehead atoms. The van der Waals surface area contributed by atoms with Crippen LogP contribution in [0.15, 0.2) is 72.8 Å². The first kappa shape index (κ1) is 25.3. The maximum atomic E-state index is 14.0. The number of ether oxygens (including phenoxy) is 3. The largest absolute Gasteiger partial charge is 0.490 e. The van der Waals surface area contributed by atoms with E-state index in [1.807, 2.05) is 47.4 Å². The van der Waals surface area contributed by atoms with Crippen LogP contribution in [0.2, 0.25) is 0 Å². The molecular weight excluding hydrogens is 490 g/mol. The number of hydrogen-bond donors (Lipinski definition) is 0. The zero-order valence-electron chi connectivity index (χ0n) is 22.6. The number of piperazine rings is 1. The molecule has 3 aromatic carbocycles. The molecule has 1 atom stereocenters. The minimum atomic E-state index is 0.0688. The molecule has 0 radical (unpaired) electrons. The van der Waals surface area contributed by atoms with Gasteiger partial charge in [-0.3, -0.25) is 9.69 Å². The number of carbonyl (C=O) groups is 1. The van der Waals surface area contributed by atoms with Crippen LogP contribution in [-0.4, -0.2) is 59.4 Å². The van der Waals surface area contributed by atoms with E-state index in [1.54, 1.807) is 0 Å². The zero-order valence-corrected chi connectivity index (χ0v) is 22.6. The minimum Gasteiger partial charge on any atom is -0.490 e. The van der Waals surface area contributed by atoms with Gasteiger partial charge in [-0.15, -0.1) is 0 Å². The summed E-state index contributed by atoms with van der Waals surface area (Å²) in [5.74, 6) is 2.51. The van der Waals surface area contributed by atoms with Crippen molar-refractivity contribution < 1.29 is 19.0 Å². The molecule has 0 N–H and O–H groups in total. The van der Waals surface area contributed by atoms with E-state index in [9.17, 15) is 4.79 Å². The summed E-state index contributed by atoms with van der Waals surface area (Å²) in [5.41, 5.74) is 4.07. The Kier molecular flexibility index (Phi) is 7.16. The average Bonchev–Trinajstić information content (AvgIpc) is 3.59. The summed E-state index contributed by atoms with van der Waals surface area (Å²) in [6, 6.07) is 24.6. The third kappa shape index (κ3) is 5.32. The van der Waals surface area contributed by atoms with Crippen molar-refractivity contribution in [3.8, 4) is 17.2 Å². The van der Waals surface area contributed by atoms with Crippen molar-refractivity contribution in [2.45, 2.75) is 39.5 Å². The van der Waals surface area contributed by atoms with Crippen LogP contribution in [0.1, 0.15) is 41.9 Å². The van der Waals surface area contributed by atoms with Gasteiger partial charge < -0.3 is 23.7 Å². The molecular formula is C32H35N3O4. The van der Waals surface area contributed by atoms with Gasteiger partial charge in [-0.25, -0.2) is 0 Å². The quantitative estimate of drug-likeness (QED) is 0.302. The van der Waals surface area contributed by atoms with Gasteiger partial charge in [0.1, 0.15) is 11.4 Å². The molecule has 1 aromatic heterocycles. The van der Waals surface area contributed by atoms with Gasteiger partial charge in [0.2, 0.25) is 6.79 Å². The topological polar surface area (TPSA) is 56.2 Å². The minimum absolute atomic E-state index is 0.0688. The fourth-order valence-corrected chi connectivity index (χ4v) is 5.34. The predicted molar refractivity (Wildman–Crippen MR) is 152 cm³/mol. The number of hydrogen-bond acceptors (Lipinski definition) is 5. The maximum Gasteiger partial charge on any atom is 0.270 e. The van der Waals surface area contributed by atoms with Crippen LogP contribution < -0.4 is 14.2 Å². The molecule has 1 fully saturated rings. The van der Waals surface area contributed by atoms with Crippen molar-refractivity contribution in [2.24, 2.45) is 0 Å². The number of rotatable bonds is 8. The summed E-state index contributed by atoms with van der Waals surface area (Å²) in [7, 11) is 0. The van der Waals surface area contributed by atoms with Crippen LogP contribution in [0.5, 0.6) is 17.2 Å². The summed E-state index contributed by atoms with van der Waals surface area (Å²) in [6.07, 6.45) is 1.02. The Balaban J connectivity index is 1.22. The molecule has 2 aliphatic rings. The van der Waals surface area contributed by atoms with Crippen LogP contribution in [0.3, 0.4) is 0 Å². The molecule has 0 spiro atoms. The highest BCUT2D eigenvalue weighted by Crippen LogP contribution is 2.33. The smallest absolute Gasteiger partial charge is 0.270 e. The second kappa shape index (κ2) is 11.0. The highest BCUT2D eigenvalue weighted by molar-refractivity contribution is 6.00. The fraction of sp³-hybridized carbons (Fsp3) is 0.344. The van der Waals surface area contributed by atoms with Crippen LogP contribution >= 0.6 is 0 Å². The third-order valence-corrected chi connectivity index (χ3v) is 7.71. The SMILES string of the molecule is CC[C@@H](C)Oc1cccc2c1cc(C(=O)N1CCN(Cc3ccc4c(c3)OCO4)CC1)n2Cc1ccccc1. The predicted octanol–water partition coefficient (Wildman–Crippen LogP) is 5.55. The molecule has 202 valence electrons. The van der Waals surface area contributed by atoms with E-state index < -0.39 is 0 Å². The van der Waals surface area contributed by atoms with Gasteiger partial charge in [0.25, 0.3) is 5.91 Å². The van der Waals surface area contributed by atoms with Crippen molar-refractivity contribution in [1.29, 1.82) is 0 Å². The highest BCUT2D eigenvalue weighted by Gasteiger charge is 2.27. The number of nitrogens with zero attached hydrogens (tertiary/aromatic N) is 3. The molecule has 0 unspecified atom stereocenters. The van der Waals surface area contributed by atoms with E-state index in [4.69, 9.17) is 14.2 Å². The zero-order chi connectivity index (χ0) is 26.8. The van der Waals surface area contributed by atoms with E-state index in [0.717, 1.165) is 59.8 Å². The molecule has 7 heteroatoms. The van der Waals surface area contributed by atoms with Gasteiger partial charge in [0, 0.05) is 44.7 Å². The Bertz CT molecular complexity index is 1460. The third-order valence-electron chi connectivity index (χ3n) is 7.71. The van der Waals surface area contributed by atoms with Crippen LogP contribution in [0, 0.1) is 0 Å². The molecule has 6 rings (SSSR count). The molecule has 3 heterocycles. The summed E-state index contributed by atoms with van der Waals surface area (Å²) in [4.78, 5) is 18.4. The summed E-state index contributed by atoms with van der Waals surface area (Å²) in [5, 5.41) is 0.985. The second-order valence-electron chi connectivity index (χ2n) is 10.4. The lowest BCUT2D eigenvalue weighted by Crippen LogP contribution is -2.48. The van der Waals surface area contributed by atoms with Gasteiger partial charge in [0.15, 0.2) is 11.5 Å². The van der Waals surface area contributed by atoms with E-state index >= 15 is 0 Å². The molecule has 2 aliphatic heterocycles. The van der Waals surface area contributed by atoms with E-state index in [0.29, 0.717) is 25.3 Å². The van der Waals surface area contributed by atoms with Crippen LogP contribution in [-0.2, 0) is 13.1 Å². The van der Waals surface area contributed by atoms with Crippen molar-refractivity contribution in [2.75, 3.05) is 33.0 Å². The standard InChI is InChI=1S/C32H35N3O4/c1-3-23(2)39-29-11-7-10-27-26(29)19-28(35(27)21-24-8-5-4-6-9-24)32(36)34-16-14-33(15-17-34)20-25-12-13-30-31(18-25)38-22-37-30/h4-13,18-19,23H,3,14-17,20-22H2,1-2H3/t23-/m1/s1. The average molecular weight is 526 g/mol. The molecule has 1 saturated heterocycles. The number of benzene rings is 3. The van der Waals surface area contributed by atoms with Gasteiger partial charge in [-0.1, -0.05) is 49.4 Å². The lowest BCUT2D eigenvalue weighted by atomic mass is 10.1. The lowest BCUT2D eigenvalue weighted by molar-refractivity contribution is 0.0619. The fourth-order valence-electron chi connectivity index (χ4n) is 5.34. The number of amides is 1. The first-order valence-corrected chi connectivity index (χ1v) is 13.8. The summed E-state index contributed by atoms with van der Waals surface area (Å²) in [6.45, 7) is 8.95. The van der Waals surface area contributed by atoms with Crippen molar-refractivity contribution in [1.82, 2.24) is 14.4 Å². The van der Waals surface area contributed by atoms with Crippen LogP contribution in [0.25, 0.3) is 10.9 Å². The summed E-state index contributed by atoms with van der Waals surface area (Å²) >= 11 is 0. The first-order chi connectivity index (χ1) is 19.1.